The largest absolute Gasteiger partial charge is 0.481 e. The predicted octanol–water partition coefficient (Wildman–Crippen LogP) is 1.74. The van der Waals surface area contributed by atoms with Crippen molar-refractivity contribution in [1.82, 2.24) is 9.13 Å². The Morgan fingerprint density at radius 3 is 2.44 bits per heavy atom. The highest BCUT2D eigenvalue weighted by Crippen LogP contribution is 2.28. The number of aromatic nitrogens is 2. The molecule has 0 amide bonds. The van der Waals surface area contributed by atoms with Crippen molar-refractivity contribution in [1.29, 1.82) is 5.26 Å². The number of nitriles is 1. The summed E-state index contributed by atoms with van der Waals surface area (Å²) in [6.45, 7) is 0. The molecule has 2 rings (SSSR count). The summed E-state index contributed by atoms with van der Waals surface area (Å²) in [6, 6.07) is 3.32. The molecule has 0 aliphatic rings. The second-order valence-corrected chi connectivity index (χ2v) is 6.15. The summed E-state index contributed by atoms with van der Waals surface area (Å²) in [7, 11) is 0.767. The third kappa shape index (κ3) is 4.03. The maximum atomic E-state index is 14.3. The van der Waals surface area contributed by atoms with Crippen LogP contribution in [-0.4, -0.2) is 26.0 Å². The lowest BCUT2D eigenvalue weighted by Crippen LogP contribution is -2.41. The van der Waals surface area contributed by atoms with E-state index in [-0.39, 0.29) is 25.7 Å². The van der Waals surface area contributed by atoms with Crippen LogP contribution in [0.5, 0.6) is 0 Å². The van der Waals surface area contributed by atoms with Crippen LogP contribution in [0.3, 0.4) is 0 Å². The van der Waals surface area contributed by atoms with Crippen molar-refractivity contribution >= 4 is 17.7 Å². The Morgan fingerprint density at radius 1 is 1.30 bits per heavy atom. The maximum absolute atomic E-state index is 14.3. The lowest BCUT2D eigenvalue weighted by molar-refractivity contribution is -0.144. The maximum Gasteiger partial charge on any atom is 0.431 e. The normalized spacial score (nSPS) is 11.3. The predicted molar refractivity (Wildman–Crippen MR) is 85.3 cm³/mol. The molecule has 0 unspecified atom stereocenters. The fraction of sp³-hybridized carbons (Fsp3) is 0.200. The molecule has 12 heteroatoms. The third-order valence-corrected chi connectivity index (χ3v) is 4.41. The summed E-state index contributed by atoms with van der Waals surface area (Å²) in [5.74, 6) is -2.94. The molecule has 7 nitrogen and oxygen atoms in total. The highest BCUT2D eigenvalue weighted by molar-refractivity contribution is 8.00. The van der Waals surface area contributed by atoms with Crippen LogP contribution < -0.4 is 11.2 Å². The minimum absolute atomic E-state index is 0.0508. The molecule has 1 N–H and O–H groups in total. The van der Waals surface area contributed by atoms with Gasteiger partial charge in [0.2, 0.25) is 0 Å². The van der Waals surface area contributed by atoms with Crippen LogP contribution in [0.2, 0.25) is 0 Å². The van der Waals surface area contributed by atoms with Gasteiger partial charge in [-0.25, -0.2) is 13.8 Å². The summed E-state index contributed by atoms with van der Waals surface area (Å²) in [5.41, 5.74) is -5.33. The van der Waals surface area contributed by atoms with Gasteiger partial charge in [0.1, 0.15) is 17.6 Å². The number of carboxylic acids is 1. The van der Waals surface area contributed by atoms with Gasteiger partial charge in [-0.05, 0) is 12.1 Å². The fourth-order valence-electron chi connectivity index (χ4n) is 2.18. The highest BCUT2D eigenvalue weighted by Gasteiger charge is 2.35. The number of nitrogens with zero attached hydrogens (tertiary/aromatic N) is 3. The molecular formula is C15H9F4N3O4S. The second kappa shape index (κ2) is 7.28. The molecule has 0 fully saturated rings. The number of carboxylic acid groups (broad SMARTS) is 1. The number of benzene rings is 1. The van der Waals surface area contributed by atoms with Gasteiger partial charge in [0, 0.05) is 18.0 Å². The SMILES string of the molecule is Cn1c(C(F)(F)F)cc(=O)n(-c2cc(SCC(=O)O)c(C#N)cc2F)c1=O. The van der Waals surface area contributed by atoms with Gasteiger partial charge in [0.05, 0.1) is 17.0 Å². The van der Waals surface area contributed by atoms with E-state index >= 15 is 0 Å². The van der Waals surface area contributed by atoms with Crippen molar-refractivity contribution < 1.29 is 27.5 Å². The van der Waals surface area contributed by atoms with Gasteiger partial charge in [-0.15, -0.1) is 11.8 Å². The topological polar surface area (TPSA) is 105 Å². The monoisotopic (exact) mass is 403 g/mol. The zero-order chi connectivity index (χ0) is 20.5. The van der Waals surface area contributed by atoms with Gasteiger partial charge in [0.25, 0.3) is 5.56 Å². The van der Waals surface area contributed by atoms with E-state index < -0.39 is 46.3 Å². The van der Waals surface area contributed by atoms with Gasteiger partial charge in [-0.2, -0.15) is 18.4 Å². The van der Waals surface area contributed by atoms with Gasteiger partial charge < -0.3 is 5.11 Å². The van der Waals surface area contributed by atoms with Gasteiger partial charge >= 0.3 is 17.8 Å². The molecule has 27 heavy (non-hydrogen) atoms. The molecule has 0 aliphatic heterocycles. The molecule has 0 radical (unpaired) electrons. The van der Waals surface area contributed by atoms with Crippen molar-refractivity contribution in [3.8, 4) is 11.8 Å². The molecule has 0 bridgehead atoms. The molecular weight excluding hydrogens is 394 g/mol. The number of halogens is 4. The molecule has 0 aliphatic carbocycles. The number of hydrogen-bond acceptors (Lipinski definition) is 5. The number of aliphatic carboxylic acids is 1. The Morgan fingerprint density at radius 2 is 1.93 bits per heavy atom. The second-order valence-electron chi connectivity index (χ2n) is 5.14. The summed E-state index contributed by atoms with van der Waals surface area (Å²) in [4.78, 5) is 34.9. The van der Waals surface area contributed by atoms with E-state index in [2.05, 4.69) is 0 Å². The fourth-order valence-corrected chi connectivity index (χ4v) is 2.91. The Kier molecular flexibility index (Phi) is 5.46. The number of thioether (sulfide) groups is 1. The molecule has 1 aromatic carbocycles. The van der Waals surface area contributed by atoms with Crippen LogP contribution in [0, 0.1) is 17.1 Å². The van der Waals surface area contributed by atoms with Crippen LogP contribution in [0.1, 0.15) is 11.3 Å². The molecule has 142 valence electrons. The molecule has 0 saturated heterocycles. The van der Waals surface area contributed by atoms with Crippen LogP contribution in [0.4, 0.5) is 17.6 Å². The van der Waals surface area contributed by atoms with E-state index in [0.29, 0.717) is 17.8 Å². The quantitative estimate of drug-likeness (QED) is 0.616. The van der Waals surface area contributed by atoms with Crippen molar-refractivity contribution in [2.24, 2.45) is 7.05 Å². The first-order valence-electron chi connectivity index (χ1n) is 6.96. The average Bonchev–Trinajstić information content (AvgIpc) is 2.56. The van der Waals surface area contributed by atoms with Gasteiger partial charge in [-0.3, -0.25) is 14.2 Å². The number of hydrogen-bond donors (Lipinski definition) is 1. The Labute approximate surface area is 152 Å². The van der Waals surface area contributed by atoms with Gasteiger partial charge in [0.15, 0.2) is 0 Å². The van der Waals surface area contributed by atoms with E-state index in [9.17, 15) is 31.9 Å². The first-order valence-corrected chi connectivity index (χ1v) is 7.94. The summed E-state index contributed by atoms with van der Waals surface area (Å²) < 4.78 is 53.3. The molecule has 1 heterocycles. The van der Waals surface area contributed by atoms with E-state index in [1.807, 2.05) is 0 Å². The number of rotatable bonds is 4. The lowest BCUT2D eigenvalue weighted by Gasteiger charge is -2.15. The van der Waals surface area contributed by atoms with Crippen molar-refractivity contribution in [3.05, 3.63) is 56.1 Å². The Hall–Kier alpha value is -3.07. The highest BCUT2D eigenvalue weighted by atomic mass is 32.2. The molecule has 1 aromatic heterocycles. The molecule has 2 aromatic rings. The van der Waals surface area contributed by atoms with Crippen molar-refractivity contribution in [3.63, 3.8) is 0 Å². The van der Waals surface area contributed by atoms with Crippen molar-refractivity contribution in [2.45, 2.75) is 11.1 Å². The first kappa shape index (κ1) is 20.2. The average molecular weight is 403 g/mol. The standard InChI is InChI=1S/C15H9F4N3O4S/c1-21-11(15(17,18)19)4-12(23)22(14(21)26)9-3-10(27-6-13(24)25)7(5-20)2-8(9)16/h2-4H,6H2,1H3,(H,24,25). The number of carbonyl (C=O) groups is 1. The Bertz CT molecular complexity index is 1080. The minimum atomic E-state index is -4.97. The molecule has 0 atom stereocenters. The first-order chi connectivity index (χ1) is 12.5. The Balaban J connectivity index is 2.76. The summed E-state index contributed by atoms with van der Waals surface area (Å²) in [6.07, 6.45) is -4.97. The van der Waals surface area contributed by atoms with Crippen LogP contribution in [0.25, 0.3) is 5.69 Å². The van der Waals surface area contributed by atoms with Crippen molar-refractivity contribution in [2.75, 3.05) is 5.75 Å². The number of alkyl halides is 3. The summed E-state index contributed by atoms with van der Waals surface area (Å²) >= 11 is 0.628. The lowest BCUT2D eigenvalue weighted by atomic mass is 10.2. The summed E-state index contributed by atoms with van der Waals surface area (Å²) in [5, 5.41) is 17.7. The van der Waals surface area contributed by atoms with Crippen LogP contribution in [-0.2, 0) is 18.0 Å². The zero-order valence-corrected chi connectivity index (χ0v) is 14.2. The van der Waals surface area contributed by atoms with E-state index in [4.69, 9.17) is 10.4 Å². The van der Waals surface area contributed by atoms with E-state index in [1.165, 1.54) is 0 Å². The van der Waals surface area contributed by atoms with E-state index in [1.54, 1.807) is 6.07 Å². The van der Waals surface area contributed by atoms with Gasteiger partial charge in [-0.1, -0.05) is 0 Å². The van der Waals surface area contributed by atoms with Crippen LogP contribution >= 0.6 is 11.8 Å². The minimum Gasteiger partial charge on any atom is -0.481 e. The molecule has 0 saturated carbocycles. The third-order valence-electron chi connectivity index (χ3n) is 3.37. The molecule has 0 spiro atoms. The smallest absolute Gasteiger partial charge is 0.431 e. The zero-order valence-electron chi connectivity index (χ0n) is 13.4. The van der Waals surface area contributed by atoms with E-state index in [0.717, 1.165) is 13.1 Å². The van der Waals surface area contributed by atoms with Crippen LogP contribution in [0.15, 0.2) is 32.7 Å².